The summed E-state index contributed by atoms with van der Waals surface area (Å²) in [6.45, 7) is 4.71. The lowest BCUT2D eigenvalue weighted by molar-refractivity contribution is -0.466. The number of hydrogen-bond acceptors (Lipinski definition) is 7. The van der Waals surface area contributed by atoms with Gasteiger partial charge in [-0.1, -0.05) is 30.3 Å². The van der Waals surface area contributed by atoms with Gasteiger partial charge >= 0.3 is 18.1 Å². The van der Waals surface area contributed by atoms with E-state index >= 15 is 0 Å². The maximum Gasteiger partial charge on any atom is 0.631 e. The molecule has 144 valence electrons. The standard InChI is InChI=1S/C18H22N3O6/c1-18(2,3)27-17(25)21(19)15(23)13-9-10-14(22)20(13)16(24)26-11-12-7-5-4-6-8-12/h4-8,13,19H,9-11H2,1-3H3/q+1. The predicted molar refractivity (Wildman–Crippen MR) is 90.7 cm³/mol. The van der Waals surface area contributed by atoms with Gasteiger partial charge in [-0.25, -0.2) is 14.5 Å². The van der Waals surface area contributed by atoms with E-state index in [1.807, 2.05) is 6.07 Å². The lowest BCUT2D eigenvalue weighted by Crippen LogP contribution is -2.47. The molecule has 0 aromatic heterocycles. The molecule has 9 heteroatoms. The molecule has 27 heavy (non-hydrogen) atoms. The van der Waals surface area contributed by atoms with Crippen LogP contribution >= 0.6 is 0 Å². The molecule has 4 amide bonds. The topological polar surface area (TPSA) is 117 Å². The first-order chi connectivity index (χ1) is 12.6. The second-order valence-corrected chi connectivity index (χ2v) is 7.01. The summed E-state index contributed by atoms with van der Waals surface area (Å²) in [4.78, 5) is 49.3. The number of amides is 4. The zero-order valence-corrected chi connectivity index (χ0v) is 15.4. The average Bonchev–Trinajstić information content (AvgIpc) is 2.99. The summed E-state index contributed by atoms with van der Waals surface area (Å²) < 4.78 is 10.1. The van der Waals surface area contributed by atoms with Gasteiger partial charge in [-0.3, -0.25) is 4.79 Å². The smallest absolute Gasteiger partial charge is 0.444 e. The average molecular weight is 376 g/mol. The Morgan fingerprint density at radius 2 is 1.85 bits per heavy atom. The molecule has 0 saturated carbocycles. The summed E-state index contributed by atoms with van der Waals surface area (Å²) in [6.07, 6.45) is -2.21. The van der Waals surface area contributed by atoms with Crippen molar-refractivity contribution in [2.75, 3.05) is 0 Å². The van der Waals surface area contributed by atoms with Gasteiger partial charge in [-0.15, -0.1) is 0 Å². The Labute approximate surface area is 156 Å². The van der Waals surface area contributed by atoms with Crippen LogP contribution < -0.4 is 0 Å². The first kappa shape index (κ1) is 20.2. The van der Waals surface area contributed by atoms with Crippen LogP contribution in [0.4, 0.5) is 9.59 Å². The number of hydrogen-bond donors (Lipinski definition) is 1. The Kier molecular flexibility index (Phi) is 6.04. The number of rotatable bonds is 3. The highest BCUT2D eigenvalue weighted by Crippen LogP contribution is 2.22. The molecule has 1 aromatic rings. The highest BCUT2D eigenvalue weighted by atomic mass is 16.6. The fraction of sp³-hybridized carbons (Fsp3) is 0.444. The fourth-order valence-electron chi connectivity index (χ4n) is 2.48. The maximum atomic E-state index is 12.4. The van der Waals surface area contributed by atoms with Crippen molar-refractivity contribution in [2.45, 2.75) is 51.9 Å². The molecule has 0 bridgehead atoms. The molecular weight excluding hydrogens is 354 g/mol. The molecule has 1 fully saturated rings. The number of carbonyl (C=O) groups is 4. The van der Waals surface area contributed by atoms with Gasteiger partial charge < -0.3 is 9.47 Å². The summed E-state index contributed by atoms with van der Waals surface area (Å²) >= 11 is 0. The molecular formula is C18H22N3O6+. The van der Waals surface area contributed by atoms with Gasteiger partial charge in [-0.2, -0.15) is 4.79 Å². The van der Waals surface area contributed by atoms with Gasteiger partial charge in [0.05, 0.1) is 4.70 Å². The van der Waals surface area contributed by atoms with Crippen molar-refractivity contribution in [3.63, 3.8) is 0 Å². The van der Waals surface area contributed by atoms with E-state index in [1.54, 1.807) is 45.0 Å². The quantitative estimate of drug-likeness (QED) is 0.640. The van der Waals surface area contributed by atoms with Crippen LogP contribution in [0.15, 0.2) is 30.3 Å². The number of nitrogens with zero attached hydrogens (tertiary/aromatic N) is 2. The summed E-state index contributed by atoms with van der Waals surface area (Å²) in [6, 6.07) is 7.57. The Morgan fingerprint density at radius 3 is 2.44 bits per heavy atom. The molecule has 1 aromatic carbocycles. The van der Waals surface area contributed by atoms with Crippen LogP contribution in [0.25, 0.3) is 0 Å². The minimum atomic E-state index is -1.27. The number of nitrogens with one attached hydrogen (secondary N) is 1. The second kappa shape index (κ2) is 8.07. The van der Waals surface area contributed by atoms with Crippen LogP contribution in [0, 0.1) is 5.53 Å². The van der Waals surface area contributed by atoms with E-state index in [-0.39, 0.29) is 24.1 Å². The van der Waals surface area contributed by atoms with Crippen molar-refractivity contribution in [1.29, 1.82) is 5.53 Å². The van der Waals surface area contributed by atoms with E-state index in [2.05, 4.69) is 0 Å². The van der Waals surface area contributed by atoms with Gasteiger partial charge in [0.25, 0.3) is 0 Å². The van der Waals surface area contributed by atoms with Crippen LogP contribution in [0.5, 0.6) is 0 Å². The van der Waals surface area contributed by atoms with Crippen molar-refractivity contribution >= 4 is 24.0 Å². The summed E-state index contributed by atoms with van der Waals surface area (Å²) in [5.41, 5.74) is 7.51. The van der Waals surface area contributed by atoms with Crippen molar-refractivity contribution in [2.24, 2.45) is 0 Å². The molecule has 1 atom stereocenters. The van der Waals surface area contributed by atoms with E-state index < -0.39 is 35.6 Å². The lowest BCUT2D eigenvalue weighted by Gasteiger charge is -2.19. The normalized spacial score (nSPS) is 16.8. The minimum absolute atomic E-state index is 0.0102. The van der Waals surface area contributed by atoms with Gasteiger partial charge in [-0.05, 0) is 38.3 Å². The van der Waals surface area contributed by atoms with Crippen LogP contribution in [0.2, 0.25) is 0 Å². The zero-order valence-electron chi connectivity index (χ0n) is 15.4. The highest BCUT2D eigenvalue weighted by Gasteiger charge is 2.49. The van der Waals surface area contributed by atoms with E-state index in [0.29, 0.717) is 4.90 Å². The van der Waals surface area contributed by atoms with E-state index in [0.717, 1.165) is 5.56 Å². The van der Waals surface area contributed by atoms with Crippen LogP contribution in [0.1, 0.15) is 39.2 Å². The third-order valence-electron chi connectivity index (χ3n) is 3.70. The zero-order chi connectivity index (χ0) is 20.2. The Balaban J connectivity index is 2.05. The van der Waals surface area contributed by atoms with Crippen LogP contribution in [0.3, 0.4) is 0 Å². The van der Waals surface area contributed by atoms with Gasteiger partial charge in [0, 0.05) is 6.42 Å². The number of ether oxygens (including phenoxy) is 2. The molecule has 1 aliphatic heterocycles. The van der Waals surface area contributed by atoms with Crippen molar-refractivity contribution in [3.8, 4) is 0 Å². The third kappa shape index (κ3) is 5.19. The number of imide groups is 2. The SMILES string of the molecule is CC(C)(C)OC(=O)[N+](=N)C(=O)C1CCC(=O)N1C(=O)OCc1ccccc1. The molecule has 0 aliphatic carbocycles. The summed E-state index contributed by atoms with van der Waals surface area (Å²) in [5.74, 6) is -1.62. The van der Waals surface area contributed by atoms with Crippen molar-refractivity contribution < 1.29 is 33.3 Å². The molecule has 1 unspecified atom stereocenters. The Bertz CT molecular complexity index is 769. The lowest BCUT2D eigenvalue weighted by atomic mass is 10.2. The van der Waals surface area contributed by atoms with Crippen molar-refractivity contribution in [1.82, 2.24) is 4.90 Å². The molecule has 1 N–H and O–H groups in total. The highest BCUT2D eigenvalue weighted by molar-refractivity contribution is 5.99. The largest absolute Gasteiger partial charge is 0.631 e. The minimum Gasteiger partial charge on any atom is -0.444 e. The fourth-order valence-corrected chi connectivity index (χ4v) is 2.48. The predicted octanol–water partition coefficient (Wildman–Crippen LogP) is 2.82. The first-order valence-electron chi connectivity index (χ1n) is 8.41. The van der Waals surface area contributed by atoms with Crippen LogP contribution in [-0.4, -0.2) is 45.2 Å². The molecule has 9 nitrogen and oxygen atoms in total. The van der Waals surface area contributed by atoms with Crippen molar-refractivity contribution in [3.05, 3.63) is 35.9 Å². The molecule has 1 saturated heterocycles. The molecule has 0 spiro atoms. The molecule has 2 rings (SSSR count). The monoisotopic (exact) mass is 376 g/mol. The first-order valence-corrected chi connectivity index (χ1v) is 8.41. The number of benzene rings is 1. The van der Waals surface area contributed by atoms with Gasteiger partial charge in [0.1, 0.15) is 12.2 Å². The molecule has 1 heterocycles. The number of likely N-dealkylation sites (tertiary alicyclic amines) is 1. The Morgan fingerprint density at radius 1 is 1.22 bits per heavy atom. The van der Waals surface area contributed by atoms with E-state index in [1.165, 1.54) is 0 Å². The summed E-state index contributed by atoms with van der Waals surface area (Å²) in [7, 11) is 0. The van der Waals surface area contributed by atoms with E-state index in [9.17, 15) is 19.2 Å². The number of carbonyl (C=O) groups excluding carboxylic acids is 4. The third-order valence-corrected chi connectivity index (χ3v) is 3.70. The van der Waals surface area contributed by atoms with Gasteiger partial charge in [0.15, 0.2) is 6.04 Å². The Hall–Kier alpha value is -3.10. The maximum absolute atomic E-state index is 12.4. The van der Waals surface area contributed by atoms with E-state index in [4.69, 9.17) is 15.0 Å². The van der Waals surface area contributed by atoms with Gasteiger partial charge in [0.2, 0.25) is 5.91 Å². The molecule has 0 radical (unpaired) electrons. The second-order valence-electron chi connectivity index (χ2n) is 7.01. The molecule has 1 aliphatic rings. The summed E-state index contributed by atoms with van der Waals surface area (Å²) in [5, 5.41) is 0. The van der Waals surface area contributed by atoms with Crippen LogP contribution in [-0.2, 0) is 25.7 Å².